The summed E-state index contributed by atoms with van der Waals surface area (Å²) in [6, 6.07) is 1.65. The molecule has 0 aromatic carbocycles. The highest BCUT2D eigenvalue weighted by molar-refractivity contribution is 8.26. The van der Waals surface area contributed by atoms with E-state index in [9.17, 15) is 9.59 Å². The summed E-state index contributed by atoms with van der Waals surface area (Å²) in [7, 11) is 0. The Labute approximate surface area is 131 Å². The van der Waals surface area contributed by atoms with Crippen LogP contribution in [0.5, 0.6) is 0 Å². The summed E-state index contributed by atoms with van der Waals surface area (Å²) < 4.78 is 0.430. The van der Waals surface area contributed by atoms with Crippen LogP contribution in [0.25, 0.3) is 6.08 Å². The Kier molecular flexibility index (Phi) is 4.92. The molecule has 21 heavy (non-hydrogen) atoms. The van der Waals surface area contributed by atoms with Gasteiger partial charge in [0, 0.05) is 36.6 Å². The van der Waals surface area contributed by atoms with Gasteiger partial charge in [-0.2, -0.15) is 0 Å². The number of nitrogens with zero attached hydrogens (tertiary/aromatic N) is 2. The Morgan fingerprint density at radius 3 is 3.00 bits per heavy atom. The summed E-state index contributed by atoms with van der Waals surface area (Å²) in [6.07, 6.45) is 5.17. The van der Waals surface area contributed by atoms with E-state index in [1.807, 2.05) is 0 Å². The maximum Gasteiger partial charge on any atom is 0.303 e. The van der Waals surface area contributed by atoms with Crippen LogP contribution in [-0.4, -0.2) is 37.7 Å². The molecule has 0 radical (unpaired) electrons. The highest BCUT2D eigenvalue weighted by atomic mass is 32.2. The van der Waals surface area contributed by atoms with Crippen LogP contribution < -0.4 is 5.73 Å². The zero-order valence-electron chi connectivity index (χ0n) is 11.0. The Bertz CT molecular complexity index is 631. The van der Waals surface area contributed by atoms with Gasteiger partial charge in [0.15, 0.2) is 0 Å². The predicted molar refractivity (Wildman–Crippen MR) is 85.4 cm³/mol. The molecule has 1 saturated heterocycles. The van der Waals surface area contributed by atoms with Crippen molar-refractivity contribution >= 4 is 51.9 Å². The van der Waals surface area contributed by atoms with Gasteiger partial charge in [-0.3, -0.25) is 19.5 Å². The van der Waals surface area contributed by atoms with E-state index in [4.69, 9.17) is 23.1 Å². The normalized spacial score (nSPS) is 16.8. The number of amides is 1. The molecule has 1 aliphatic heterocycles. The second-order valence-corrected chi connectivity index (χ2v) is 6.01. The first-order chi connectivity index (χ1) is 9.99. The Morgan fingerprint density at radius 1 is 1.57 bits per heavy atom. The number of thioether (sulfide) groups is 1. The molecule has 1 aromatic rings. The number of aliphatic carboxylic acids is 1. The van der Waals surface area contributed by atoms with Crippen LogP contribution in [0.3, 0.4) is 0 Å². The lowest BCUT2D eigenvalue weighted by atomic mass is 10.2. The molecular weight excluding hydrogens is 310 g/mol. The maximum absolute atomic E-state index is 12.2. The van der Waals surface area contributed by atoms with Gasteiger partial charge in [0.1, 0.15) is 4.32 Å². The largest absolute Gasteiger partial charge is 0.481 e. The van der Waals surface area contributed by atoms with Crippen LogP contribution in [0.2, 0.25) is 0 Å². The van der Waals surface area contributed by atoms with Gasteiger partial charge in [-0.25, -0.2) is 0 Å². The molecule has 1 aromatic heterocycles. The number of rotatable bonds is 5. The van der Waals surface area contributed by atoms with Gasteiger partial charge >= 0.3 is 5.97 Å². The third kappa shape index (κ3) is 3.79. The number of aromatic nitrogens is 1. The van der Waals surface area contributed by atoms with E-state index in [0.29, 0.717) is 33.4 Å². The van der Waals surface area contributed by atoms with Crippen LogP contribution in [0, 0.1) is 0 Å². The van der Waals surface area contributed by atoms with E-state index in [2.05, 4.69) is 4.98 Å². The molecule has 2 rings (SSSR count). The minimum atomic E-state index is -0.890. The number of hydrogen-bond acceptors (Lipinski definition) is 6. The summed E-state index contributed by atoms with van der Waals surface area (Å²) in [4.78, 5) is 28.6. The summed E-state index contributed by atoms with van der Waals surface area (Å²) in [5.74, 6) is -1.11. The molecule has 0 spiro atoms. The molecule has 1 amide bonds. The number of carboxylic acids is 1. The molecule has 1 fully saturated rings. The van der Waals surface area contributed by atoms with Crippen molar-refractivity contribution in [2.45, 2.75) is 12.8 Å². The number of carboxylic acid groups (broad SMARTS) is 1. The first-order valence-electron chi connectivity index (χ1n) is 6.15. The van der Waals surface area contributed by atoms with Gasteiger partial charge in [0.05, 0.1) is 4.91 Å². The molecule has 0 aliphatic carbocycles. The third-order valence-corrected chi connectivity index (χ3v) is 4.20. The van der Waals surface area contributed by atoms with E-state index >= 15 is 0 Å². The average molecular weight is 323 g/mol. The minimum Gasteiger partial charge on any atom is -0.481 e. The van der Waals surface area contributed by atoms with Gasteiger partial charge in [-0.05, 0) is 18.6 Å². The van der Waals surface area contributed by atoms with Gasteiger partial charge < -0.3 is 10.8 Å². The number of anilines is 1. The van der Waals surface area contributed by atoms with Crippen LogP contribution >= 0.6 is 24.0 Å². The number of carbonyl (C=O) groups is 2. The molecule has 8 heteroatoms. The molecule has 0 bridgehead atoms. The first kappa shape index (κ1) is 15.5. The number of hydrogen-bond donors (Lipinski definition) is 2. The lowest BCUT2D eigenvalue weighted by Gasteiger charge is -2.13. The number of carbonyl (C=O) groups excluding carboxylic acids is 1. The van der Waals surface area contributed by atoms with Crippen molar-refractivity contribution in [3.63, 3.8) is 0 Å². The molecule has 3 N–H and O–H groups in total. The lowest BCUT2D eigenvalue weighted by Crippen LogP contribution is -2.29. The van der Waals surface area contributed by atoms with Gasteiger partial charge in [0.25, 0.3) is 5.91 Å². The summed E-state index contributed by atoms with van der Waals surface area (Å²) in [6.45, 7) is 0.302. The third-order valence-electron chi connectivity index (χ3n) is 2.82. The fraction of sp³-hybridized carbons (Fsp3) is 0.231. The minimum absolute atomic E-state index is 0.00562. The van der Waals surface area contributed by atoms with Crippen LogP contribution in [0.15, 0.2) is 23.4 Å². The topological polar surface area (TPSA) is 96.5 Å². The Balaban J connectivity index is 2.11. The average Bonchev–Trinajstić information content (AvgIpc) is 2.68. The van der Waals surface area contributed by atoms with Gasteiger partial charge in [-0.1, -0.05) is 24.0 Å². The fourth-order valence-corrected chi connectivity index (χ4v) is 3.06. The van der Waals surface area contributed by atoms with E-state index in [1.165, 1.54) is 16.7 Å². The van der Waals surface area contributed by atoms with E-state index < -0.39 is 5.97 Å². The van der Waals surface area contributed by atoms with Crippen molar-refractivity contribution in [1.29, 1.82) is 0 Å². The van der Waals surface area contributed by atoms with Crippen molar-refractivity contribution in [2.24, 2.45) is 0 Å². The first-order valence-corrected chi connectivity index (χ1v) is 7.38. The molecule has 0 unspecified atom stereocenters. The second-order valence-electron chi connectivity index (χ2n) is 4.34. The molecule has 110 valence electrons. The Morgan fingerprint density at radius 2 is 2.33 bits per heavy atom. The number of nitrogen functional groups attached to an aromatic ring is 1. The monoisotopic (exact) mass is 323 g/mol. The highest BCUT2D eigenvalue weighted by Crippen LogP contribution is 2.33. The zero-order chi connectivity index (χ0) is 15.4. The second kappa shape index (κ2) is 6.68. The molecule has 6 nitrogen and oxygen atoms in total. The van der Waals surface area contributed by atoms with Crippen LogP contribution in [0.1, 0.15) is 18.4 Å². The van der Waals surface area contributed by atoms with Crippen molar-refractivity contribution in [3.8, 4) is 0 Å². The SMILES string of the molecule is Nc1ccncc1/C=C1\SC(=S)N(CCCC(=O)O)C1=O. The Hall–Kier alpha value is -1.93. The number of nitrogens with two attached hydrogens (primary N) is 1. The van der Waals surface area contributed by atoms with Crippen molar-refractivity contribution < 1.29 is 14.7 Å². The number of thiocarbonyl (C=S) groups is 1. The smallest absolute Gasteiger partial charge is 0.303 e. The van der Waals surface area contributed by atoms with Gasteiger partial charge in [0.2, 0.25) is 0 Å². The van der Waals surface area contributed by atoms with Crippen molar-refractivity contribution in [2.75, 3.05) is 12.3 Å². The maximum atomic E-state index is 12.2. The molecular formula is C13H13N3O3S2. The highest BCUT2D eigenvalue weighted by Gasteiger charge is 2.31. The van der Waals surface area contributed by atoms with Crippen molar-refractivity contribution in [1.82, 2.24) is 9.88 Å². The molecule has 0 saturated carbocycles. The van der Waals surface area contributed by atoms with E-state index in [-0.39, 0.29) is 12.3 Å². The quantitative estimate of drug-likeness (QED) is 0.629. The van der Waals surface area contributed by atoms with Gasteiger partial charge in [-0.15, -0.1) is 0 Å². The standard InChI is InChI=1S/C13H13N3O3S2/c14-9-3-4-15-7-8(9)6-10-12(19)16(13(20)21-10)5-1-2-11(17)18/h3-4,6-7H,1-2,5H2,(H2,14,15)(H,17,18)/b10-6-. The molecule has 1 aliphatic rings. The van der Waals surface area contributed by atoms with E-state index in [0.717, 1.165) is 0 Å². The lowest BCUT2D eigenvalue weighted by molar-refractivity contribution is -0.137. The predicted octanol–water partition coefficient (Wildman–Crippen LogP) is 1.73. The van der Waals surface area contributed by atoms with Crippen LogP contribution in [0.4, 0.5) is 5.69 Å². The summed E-state index contributed by atoms with van der Waals surface area (Å²) in [5.41, 5.74) is 6.99. The van der Waals surface area contributed by atoms with E-state index in [1.54, 1.807) is 24.5 Å². The molecule has 2 heterocycles. The molecule has 0 atom stereocenters. The summed E-state index contributed by atoms with van der Waals surface area (Å²) >= 11 is 6.34. The summed E-state index contributed by atoms with van der Waals surface area (Å²) in [5, 5.41) is 8.62. The van der Waals surface area contributed by atoms with Crippen LogP contribution in [-0.2, 0) is 9.59 Å². The number of pyridine rings is 1. The fourth-order valence-electron chi connectivity index (χ4n) is 1.76. The van der Waals surface area contributed by atoms with Crippen molar-refractivity contribution in [3.05, 3.63) is 28.9 Å². The zero-order valence-corrected chi connectivity index (χ0v) is 12.6.